The van der Waals surface area contributed by atoms with E-state index in [1.165, 1.54) is 0 Å². The fourth-order valence-electron chi connectivity index (χ4n) is 1.36. The van der Waals surface area contributed by atoms with Gasteiger partial charge in [0.15, 0.2) is 0 Å². The average Bonchev–Trinajstić information content (AvgIpc) is 2.26. The predicted octanol–water partition coefficient (Wildman–Crippen LogP) is -0.134. The van der Waals surface area contributed by atoms with Crippen LogP contribution in [0, 0.1) is 0 Å². The summed E-state index contributed by atoms with van der Waals surface area (Å²) >= 11 is 12.0. The van der Waals surface area contributed by atoms with Gasteiger partial charge >= 0.3 is 0 Å². The van der Waals surface area contributed by atoms with E-state index in [9.17, 15) is 0 Å². The van der Waals surface area contributed by atoms with Gasteiger partial charge in [-0.15, -0.1) is 0 Å². The summed E-state index contributed by atoms with van der Waals surface area (Å²) in [7, 11) is 1.57. The van der Waals surface area contributed by atoms with Gasteiger partial charge in [-0.05, 0) is 26.0 Å². The molecular weight excluding hydrogens is 296 g/mol. The largest absolute Gasteiger partial charge is 1.00 e. The molecule has 0 spiro atoms. The van der Waals surface area contributed by atoms with Gasteiger partial charge < -0.3 is 27.6 Å². The minimum atomic E-state index is -0.361. The van der Waals surface area contributed by atoms with Crippen molar-refractivity contribution in [1.82, 2.24) is 5.32 Å². The van der Waals surface area contributed by atoms with Gasteiger partial charge in [-0.1, -0.05) is 23.2 Å². The first-order valence-electron chi connectivity index (χ1n) is 5.27. The summed E-state index contributed by atoms with van der Waals surface area (Å²) < 4.78 is 5.24. The normalized spacial score (nSPS) is 11.0. The molecular formula is C12H17Cl3NO2-. The Balaban J connectivity index is 0.00000289. The minimum Gasteiger partial charge on any atom is -1.00 e. The average molecular weight is 314 g/mol. The molecule has 0 fully saturated rings. The quantitative estimate of drug-likeness (QED) is 0.795. The maximum atomic E-state index is 9.16. The Labute approximate surface area is 124 Å². The Morgan fingerprint density at radius 1 is 1.33 bits per heavy atom. The molecule has 0 atom stereocenters. The lowest BCUT2D eigenvalue weighted by Crippen LogP contribution is -3.00. The van der Waals surface area contributed by atoms with Crippen molar-refractivity contribution in [2.45, 2.75) is 25.9 Å². The molecule has 3 nitrogen and oxygen atoms in total. The third-order valence-corrected chi connectivity index (χ3v) is 2.94. The molecule has 0 aliphatic heterocycles. The molecule has 1 rings (SSSR count). The number of methoxy groups -OCH3 is 1. The zero-order valence-corrected chi connectivity index (χ0v) is 12.8. The molecule has 1 aromatic carbocycles. The third kappa shape index (κ3) is 4.82. The van der Waals surface area contributed by atoms with Crippen molar-refractivity contribution in [3.05, 3.63) is 27.7 Å². The second-order valence-electron chi connectivity index (χ2n) is 4.48. The van der Waals surface area contributed by atoms with Crippen molar-refractivity contribution in [2.75, 3.05) is 13.7 Å². The van der Waals surface area contributed by atoms with Crippen molar-refractivity contribution in [2.24, 2.45) is 0 Å². The summed E-state index contributed by atoms with van der Waals surface area (Å²) in [6, 6.07) is 3.44. The molecule has 0 amide bonds. The molecule has 104 valence electrons. The minimum absolute atomic E-state index is 0. The number of hydrogen-bond donors (Lipinski definition) is 2. The first-order valence-corrected chi connectivity index (χ1v) is 6.03. The zero-order valence-electron chi connectivity index (χ0n) is 10.6. The maximum Gasteiger partial charge on any atom is 0.142 e. The summed E-state index contributed by atoms with van der Waals surface area (Å²) in [4.78, 5) is 0. The van der Waals surface area contributed by atoms with E-state index in [1.807, 2.05) is 13.8 Å². The van der Waals surface area contributed by atoms with E-state index in [2.05, 4.69) is 5.32 Å². The number of halogens is 3. The van der Waals surface area contributed by atoms with Crippen LogP contribution in [0.15, 0.2) is 12.1 Å². The van der Waals surface area contributed by atoms with Gasteiger partial charge in [-0.25, -0.2) is 0 Å². The van der Waals surface area contributed by atoms with Crippen LogP contribution in [-0.4, -0.2) is 24.4 Å². The van der Waals surface area contributed by atoms with E-state index in [4.69, 9.17) is 33.0 Å². The van der Waals surface area contributed by atoms with Crippen LogP contribution in [0.2, 0.25) is 10.0 Å². The van der Waals surface area contributed by atoms with Gasteiger partial charge in [0.05, 0.1) is 18.7 Å². The summed E-state index contributed by atoms with van der Waals surface area (Å²) in [6.45, 7) is 4.39. The lowest BCUT2D eigenvalue weighted by Gasteiger charge is -2.24. The highest BCUT2D eigenvalue weighted by Gasteiger charge is 2.17. The number of nitrogens with one attached hydrogen (secondary N) is 1. The van der Waals surface area contributed by atoms with Crippen LogP contribution in [0.5, 0.6) is 5.75 Å². The second kappa shape index (κ2) is 7.41. The molecule has 0 unspecified atom stereocenters. The first-order chi connectivity index (χ1) is 7.89. The van der Waals surface area contributed by atoms with Crippen molar-refractivity contribution < 1.29 is 22.3 Å². The van der Waals surface area contributed by atoms with E-state index in [-0.39, 0.29) is 24.6 Å². The van der Waals surface area contributed by atoms with Crippen LogP contribution in [0.3, 0.4) is 0 Å². The Bertz CT molecular complexity index is 397. The topological polar surface area (TPSA) is 41.5 Å². The van der Waals surface area contributed by atoms with Crippen molar-refractivity contribution in [1.29, 1.82) is 0 Å². The Hall–Kier alpha value is -0.190. The standard InChI is InChI=1S/C12H17Cl2NO2.ClH/c1-12(2,7-16)15-6-8-4-9(13)5-10(14)11(8)17-3;/h4-5,15-16H,6-7H2,1-3H3;1H/p-1. The molecule has 0 aliphatic rings. The van der Waals surface area contributed by atoms with Crippen LogP contribution in [0.1, 0.15) is 19.4 Å². The monoisotopic (exact) mass is 312 g/mol. The molecule has 0 aromatic heterocycles. The van der Waals surface area contributed by atoms with Crippen LogP contribution in [-0.2, 0) is 6.54 Å². The summed E-state index contributed by atoms with van der Waals surface area (Å²) in [5.41, 5.74) is 0.506. The molecule has 2 N–H and O–H groups in total. The van der Waals surface area contributed by atoms with Crippen LogP contribution >= 0.6 is 23.2 Å². The fraction of sp³-hybridized carbons (Fsp3) is 0.500. The van der Waals surface area contributed by atoms with Crippen LogP contribution in [0.25, 0.3) is 0 Å². The fourth-order valence-corrected chi connectivity index (χ4v) is 1.98. The molecule has 0 aliphatic carbocycles. The Morgan fingerprint density at radius 2 is 1.94 bits per heavy atom. The first kappa shape index (κ1) is 17.8. The highest BCUT2D eigenvalue weighted by atomic mass is 35.5. The number of rotatable bonds is 5. The van der Waals surface area contributed by atoms with Crippen molar-refractivity contribution in [3.8, 4) is 5.75 Å². The van der Waals surface area contributed by atoms with E-state index in [1.54, 1.807) is 19.2 Å². The Kier molecular flexibility index (Phi) is 7.33. The molecule has 18 heavy (non-hydrogen) atoms. The molecule has 0 saturated heterocycles. The highest BCUT2D eigenvalue weighted by Crippen LogP contribution is 2.32. The summed E-state index contributed by atoms with van der Waals surface area (Å²) in [5.74, 6) is 0.609. The highest BCUT2D eigenvalue weighted by molar-refractivity contribution is 6.35. The maximum absolute atomic E-state index is 9.16. The van der Waals surface area contributed by atoms with Gasteiger partial charge in [0.1, 0.15) is 5.75 Å². The van der Waals surface area contributed by atoms with Gasteiger partial charge in [0.25, 0.3) is 0 Å². The van der Waals surface area contributed by atoms with E-state index < -0.39 is 0 Å². The molecule has 6 heteroatoms. The zero-order chi connectivity index (χ0) is 13.1. The number of aliphatic hydroxyl groups is 1. The third-order valence-electron chi connectivity index (χ3n) is 2.44. The van der Waals surface area contributed by atoms with Gasteiger partial charge in [0.2, 0.25) is 0 Å². The molecule has 0 radical (unpaired) electrons. The predicted molar refractivity (Wildman–Crippen MR) is 71.0 cm³/mol. The second-order valence-corrected chi connectivity index (χ2v) is 5.32. The Morgan fingerprint density at radius 3 is 2.44 bits per heavy atom. The van der Waals surface area contributed by atoms with E-state index in [0.717, 1.165) is 5.56 Å². The molecule has 0 bridgehead atoms. The number of hydrogen-bond acceptors (Lipinski definition) is 3. The van der Waals surface area contributed by atoms with E-state index in [0.29, 0.717) is 22.3 Å². The number of benzene rings is 1. The number of ether oxygens (including phenoxy) is 1. The SMILES string of the molecule is COc1c(Cl)cc(Cl)cc1CNC(C)(C)CO.[Cl-]. The van der Waals surface area contributed by atoms with Crippen molar-refractivity contribution >= 4 is 23.2 Å². The smallest absolute Gasteiger partial charge is 0.142 e. The van der Waals surface area contributed by atoms with Crippen LogP contribution < -0.4 is 22.5 Å². The lowest BCUT2D eigenvalue weighted by atomic mass is 10.1. The molecule has 0 heterocycles. The van der Waals surface area contributed by atoms with Gasteiger partial charge in [-0.3, -0.25) is 0 Å². The van der Waals surface area contributed by atoms with Gasteiger partial charge in [0, 0.05) is 22.7 Å². The van der Waals surface area contributed by atoms with Crippen molar-refractivity contribution in [3.63, 3.8) is 0 Å². The molecule has 1 aromatic rings. The molecule has 0 saturated carbocycles. The van der Waals surface area contributed by atoms with Crippen LogP contribution in [0.4, 0.5) is 0 Å². The number of aliphatic hydroxyl groups excluding tert-OH is 1. The lowest BCUT2D eigenvalue weighted by molar-refractivity contribution is -0.00000468. The summed E-state index contributed by atoms with van der Waals surface area (Å²) in [6.07, 6.45) is 0. The van der Waals surface area contributed by atoms with Gasteiger partial charge in [-0.2, -0.15) is 0 Å². The summed E-state index contributed by atoms with van der Waals surface area (Å²) in [5, 5.41) is 13.4. The van der Waals surface area contributed by atoms with E-state index >= 15 is 0 Å².